The number of carbonyl (C=O) groups is 1. The normalized spacial score (nSPS) is 20.2. The fourth-order valence-electron chi connectivity index (χ4n) is 2.26. The van der Waals surface area contributed by atoms with E-state index in [0.29, 0.717) is 12.2 Å². The highest BCUT2D eigenvalue weighted by Gasteiger charge is 2.32. The summed E-state index contributed by atoms with van der Waals surface area (Å²) in [5.41, 5.74) is 1.51. The van der Waals surface area contributed by atoms with Crippen LogP contribution in [0.2, 0.25) is 0 Å². The number of aliphatic carboxylic acids is 1. The van der Waals surface area contributed by atoms with Gasteiger partial charge in [-0.25, -0.2) is 9.00 Å². The van der Waals surface area contributed by atoms with E-state index in [-0.39, 0.29) is 22.2 Å². The molecule has 1 fully saturated rings. The molecule has 1 N–H and O–H groups in total. The largest absolute Gasteiger partial charge is 0.477 e. The summed E-state index contributed by atoms with van der Waals surface area (Å²) in [4.78, 5) is 10.7. The zero-order chi connectivity index (χ0) is 15.5. The molecule has 114 valence electrons. The van der Waals surface area contributed by atoms with Crippen LogP contribution in [0.15, 0.2) is 24.3 Å². The van der Waals surface area contributed by atoms with Crippen molar-refractivity contribution in [2.45, 2.75) is 38.6 Å². The van der Waals surface area contributed by atoms with Gasteiger partial charge in [-0.3, -0.25) is 0 Å². The first-order valence-corrected chi connectivity index (χ1v) is 7.46. The summed E-state index contributed by atoms with van der Waals surface area (Å²) in [7, 11) is 0. The molecule has 0 amide bonds. The van der Waals surface area contributed by atoms with Gasteiger partial charge in [0.1, 0.15) is 11.3 Å². The maximum Gasteiger partial charge on any atom is 0.349 e. The molecule has 0 radical (unpaired) electrons. The zero-order valence-corrected chi connectivity index (χ0v) is 12.8. The van der Waals surface area contributed by atoms with Gasteiger partial charge in [0, 0.05) is 5.56 Å². The van der Waals surface area contributed by atoms with Gasteiger partial charge in [0.05, 0.1) is 12.7 Å². The molecule has 2 rings (SSSR count). The Morgan fingerprint density at radius 2 is 2.05 bits per heavy atom. The van der Waals surface area contributed by atoms with Gasteiger partial charge in [0.2, 0.25) is 0 Å². The third kappa shape index (κ3) is 4.23. The van der Waals surface area contributed by atoms with Gasteiger partial charge in [-0.05, 0) is 32.3 Å². The Balaban J connectivity index is 1.94. The first kappa shape index (κ1) is 15.9. The third-order valence-corrected chi connectivity index (χ3v) is 3.89. The van der Waals surface area contributed by atoms with Crippen LogP contribution in [0, 0.1) is 0 Å². The van der Waals surface area contributed by atoms with Crippen molar-refractivity contribution in [1.29, 1.82) is 0 Å². The predicted molar refractivity (Wildman–Crippen MR) is 79.6 cm³/mol. The van der Waals surface area contributed by atoms with E-state index in [0.717, 1.165) is 18.4 Å². The Morgan fingerprint density at radius 3 is 2.52 bits per heavy atom. The summed E-state index contributed by atoms with van der Waals surface area (Å²) < 4.78 is 22.0. The quantitative estimate of drug-likeness (QED) is 0.660. The number of rotatable bonds is 5. The van der Waals surface area contributed by atoms with Crippen molar-refractivity contribution in [3.8, 4) is 0 Å². The van der Waals surface area contributed by atoms with Gasteiger partial charge in [-0.2, -0.15) is 0 Å². The Bertz CT molecular complexity index is 572. The highest BCUT2D eigenvalue weighted by atomic mass is 32.1. The van der Waals surface area contributed by atoms with Gasteiger partial charge < -0.3 is 14.6 Å². The van der Waals surface area contributed by atoms with Crippen molar-refractivity contribution in [2.75, 3.05) is 6.61 Å². The summed E-state index contributed by atoms with van der Waals surface area (Å²) in [5.74, 6) is -1.70. The molecule has 0 aliphatic carbocycles. The number of benzene rings is 1. The number of hydrogen-bond acceptors (Lipinski definition) is 4. The molecular weight excluding hydrogens is 292 g/mol. The van der Waals surface area contributed by atoms with Gasteiger partial charge in [-0.1, -0.05) is 24.3 Å². The highest BCUT2D eigenvalue weighted by Crippen LogP contribution is 2.25. The number of hydrogen-bond donors (Lipinski definition) is 1. The smallest absolute Gasteiger partial charge is 0.349 e. The van der Waals surface area contributed by atoms with Crippen LogP contribution in [0.3, 0.4) is 0 Å². The molecule has 0 unspecified atom stereocenters. The van der Waals surface area contributed by atoms with Crippen LogP contribution in [-0.2, 0) is 31.9 Å². The maximum atomic E-state index is 10.9. The molecule has 1 aliphatic heterocycles. The average molecular weight is 310 g/mol. The van der Waals surface area contributed by atoms with Crippen LogP contribution in [0.25, 0.3) is 0 Å². The summed E-state index contributed by atoms with van der Waals surface area (Å²) in [6.45, 7) is 4.38. The molecule has 1 aliphatic rings. The van der Waals surface area contributed by atoms with Gasteiger partial charge in [0.15, 0.2) is 10.7 Å². The summed E-state index contributed by atoms with van der Waals surface area (Å²) in [5, 5.41) is 8.90. The lowest BCUT2D eigenvalue weighted by Crippen LogP contribution is -2.21. The SMILES string of the molecule is CC1(C)OC[C@H](CCc2ccc(C(=S=O)C(=O)O)cc2)O1. The van der Waals surface area contributed by atoms with Crippen molar-refractivity contribution in [1.82, 2.24) is 0 Å². The minimum atomic E-state index is -1.19. The lowest BCUT2D eigenvalue weighted by Gasteiger charge is -2.17. The molecule has 0 spiro atoms. The lowest BCUT2D eigenvalue weighted by molar-refractivity contribution is -0.138. The second kappa shape index (κ2) is 6.51. The molecule has 0 saturated carbocycles. The Morgan fingerprint density at radius 1 is 1.38 bits per heavy atom. The van der Waals surface area contributed by atoms with E-state index >= 15 is 0 Å². The molecule has 1 aromatic carbocycles. The van der Waals surface area contributed by atoms with E-state index in [1.165, 1.54) is 0 Å². The third-order valence-electron chi connectivity index (χ3n) is 3.32. The fraction of sp³-hybridized carbons (Fsp3) is 0.467. The predicted octanol–water partition coefficient (Wildman–Crippen LogP) is 1.59. The highest BCUT2D eigenvalue weighted by molar-refractivity contribution is 7.69. The zero-order valence-electron chi connectivity index (χ0n) is 12.0. The van der Waals surface area contributed by atoms with E-state index in [1.54, 1.807) is 12.1 Å². The van der Waals surface area contributed by atoms with Crippen molar-refractivity contribution in [3.63, 3.8) is 0 Å². The second-order valence-electron chi connectivity index (χ2n) is 5.40. The monoisotopic (exact) mass is 310 g/mol. The van der Waals surface area contributed by atoms with E-state index in [2.05, 4.69) is 0 Å². The average Bonchev–Trinajstić information content (AvgIpc) is 2.78. The van der Waals surface area contributed by atoms with Crippen LogP contribution in [0.1, 0.15) is 31.4 Å². The standard InChI is InChI=1S/C15H18O5S/c1-15(2)19-9-12(20-15)8-5-10-3-6-11(7-4-10)13(21-18)14(16)17/h3-4,6-7,12H,5,8-9H2,1-2H3,(H,16,17)/t12-/m0/s1. The first-order valence-electron chi connectivity index (χ1n) is 6.72. The molecule has 1 aromatic rings. The second-order valence-corrected chi connectivity index (χ2v) is 5.98. The molecule has 1 atom stereocenters. The summed E-state index contributed by atoms with van der Waals surface area (Å²) >= 11 is 0.00108. The van der Waals surface area contributed by atoms with Gasteiger partial charge in [0.25, 0.3) is 0 Å². The van der Waals surface area contributed by atoms with Gasteiger partial charge in [-0.15, -0.1) is 0 Å². The maximum absolute atomic E-state index is 10.9. The Labute approximate surface area is 127 Å². The number of carboxylic acid groups (broad SMARTS) is 1. The van der Waals surface area contributed by atoms with Crippen molar-refractivity contribution < 1.29 is 23.6 Å². The summed E-state index contributed by atoms with van der Waals surface area (Å²) in [6.07, 6.45) is 1.74. The van der Waals surface area contributed by atoms with E-state index in [1.807, 2.05) is 26.0 Å². The summed E-state index contributed by atoms with van der Waals surface area (Å²) in [6, 6.07) is 7.02. The lowest BCUT2D eigenvalue weighted by atomic mass is 10.0. The van der Waals surface area contributed by atoms with E-state index < -0.39 is 11.8 Å². The molecule has 0 aromatic heterocycles. The van der Waals surface area contributed by atoms with Crippen molar-refractivity contribution >= 4 is 22.1 Å². The molecule has 5 nitrogen and oxygen atoms in total. The number of aryl methyl sites for hydroxylation is 1. The number of carboxylic acids is 1. The molecule has 1 heterocycles. The van der Waals surface area contributed by atoms with E-state index in [9.17, 15) is 9.00 Å². The fourth-order valence-corrected chi connectivity index (χ4v) is 2.57. The number of ether oxygens (including phenoxy) is 2. The van der Waals surface area contributed by atoms with Crippen LogP contribution in [0.4, 0.5) is 0 Å². The van der Waals surface area contributed by atoms with E-state index in [4.69, 9.17) is 14.6 Å². The van der Waals surface area contributed by atoms with Crippen molar-refractivity contribution in [2.24, 2.45) is 0 Å². The Hall–Kier alpha value is -1.50. The molecule has 21 heavy (non-hydrogen) atoms. The van der Waals surface area contributed by atoms with Crippen LogP contribution in [0.5, 0.6) is 0 Å². The van der Waals surface area contributed by atoms with Gasteiger partial charge >= 0.3 is 5.97 Å². The van der Waals surface area contributed by atoms with Crippen LogP contribution < -0.4 is 0 Å². The molecule has 1 saturated heterocycles. The minimum Gasteiger partial charge on any atom is -0.477 e. The van der Waals surface area contributed by atoms with Crippen LogP contribution in [-0.4, -0.2) is 38.6 Å². The molecule has 0 bridgehead atoms. The Kier molecular flexibility index (Phi) is 4.92. The first-order chi connectivity index (χ1) is 9.91. The van der Waals surface area contributed by atoms with Crippen LogP contribution >= 0.6 is 0 Å². The topological polar surface area (TPSA) is 72.8 Å². The molecule has 6 heteroatoms. The minimum absolute atomic E-state index is 0.00108. The van der Waals surface area contributed by atoms with Crippen molar-refractivity contribution in [3.05, 3.63) is 35.4 Å². The molecular formula is C15H18O5S.